The van der Waals surface area contributed by atoms with Gasteiger partial charge in [0.15, 0.2) is 0 Å². The third kappa shape index (κ3) is 4.41. The molecule has 0 heterocycles. The van der Waals surface area contributed by atoms with Gasteiger partial charge in [0.25, 0.3) is 0 Å². The Labute approximate surface area is 142 Å². The van der Waals surface area contributed by atoms with E-state index in [1.165, 1.54) is 12.1 Å². The monoisotopic (exact) mass is 383 g/mol. The molecule has 2 aromatic rings. The van der Waals surface area contributed by atoms with Crippen molar-refractivity contribution in [3.8, 4) is 0 Å². The first-order chi connectivity index (χ1) is 9.78. The molecule has 112 valence electrons. The highest BCUT2D eigenvalue weighted by Crippen LogP contribution is 2.33. The van der Waals surface area contributed by atoms with Gasteiger partial charge in [-0.2, -0.15) is 0 Å². The lowest BCUT2D eigenvalue weighted by Gasteiger charge is -2.11. The van der Waals surface area contributed by atoms with E-state index in [0.717, 1.165) is 0 Å². The summed E-state index contributed by atoms with van der Waals surface area (Å²) in [5.41, 5.74) is 0.654. The van der Waals surface area contributed by atoms with Crippen LogP contribution in [0.25, 0.3) is 0 Å². The molecule has 0 atom stereocenters. The molecule has 2 aromatic carbocycles. The molecule has 0 spiro atoms. The Morgan fingerprint density at radius 2 is 1.48 bits per heavy atom. The van der Waals surface area contributed by atoms with Crippen LogP contribution in [0.5, 0.6) is 0 Å². The summed E-state index contributed by atoms with van der Waals surface area (Å²) in [6, 6.07) is 9.43. The van der Waals surface area contributed by atoms with Crippen LogP contribution < -0.4 is 4.72 Å². The lowest BCUT2D eigenvalue weighted by molar-refractivity contribution is 0.600. The van der Waals surface area contributed by atoms with Crippen LogP contribution in [0.4, 0.5) is 5.69 Å². The third-order valence-corrected chi connectivity index (χ3v) is 5.20. The summed E-state index contributed by atoms with van der Waals surface area (Å²) >= 11 is 23.5. The molecule has 8 heteroatoms. The van der Waals surface area contributed by atoms with E-state index in [2.05, 4.69) is 4.72 Å². The topological polar surface area (TPSA) is 46.2 Å². The number of rotatable bonds is 4. The predicted molar refractivity (Wildman–Crippen MR) is 89.2 cm³/mol. The molecule has 0 aromatic heterocycles. The first-order valence-electron chi connectivity index (χ1n) is 5.67. The van der Waals surface area contributed by atoms with Gasteiger partial charge in [-0.3, -0.25) is 4.72 Å². The average Bonchev–Trinajstić information content (AvgIpc) is 2.38. The number of benzene rings is 2. The van der Waals surface area contributed by atoms with Crippen LogP contribution in [0.1, 0.15) is 5.56 Å². The minimum absolute atomic E-state index is 0.159. The van der Waals surface area contributed by atoms with Crippen LogP contribution in [0.3, 0.4) is 0 Å². The number of sulfonamides is 1. The molecule has 0 saturated heterocycles. The second-order valence-electron chi connectivity index (χ2n) is 4.20. The summed E-state index contributed by atoms with van der Waals surface area (Å²) in [7, 11) is -3.68. The minimum Gasteiger partial charge on any atom is -0.282 e. The number of anilines is 1. The van der Waals surface area contributed by atoms with E-state index in [1.807, 2.05) is 0 Å². The number of hydrogen-bond donors (Lipinski definition) is 1. The lowest BCUT2D eigenvalue weighted by atomic mass is 10.2. The molecule has 1 N–H and O–H groups in total. The standard InChI is InChI=1S/C13H9Cl4NO2S/c14-9-4-2-1-3-8(9)7-21(19,20)18-13-6-11(16)10(15)5-12(13)17/h1-6,18H,7H2. The molecule has 0 aliphatic carbocycles. The maximum absolute atomic E-state index is 12.2. The predicted octanol–water partition coefficient (Wildman–Crippen LogP) is 5.24. The van der Waals surface area contributed by atoms with Crippen LogP contribution in [-0.2, 0) is 15.8 Å². The fraction of sp³-hybridized carbons (Fsp3) is 0.0769. The Kier molecular flexibility index (Phi) is 5.28. The third-order valence-electron chi connectivity index (χ3n) is 2.58. The van der Waals surface area contributed by atoms with Crippen molar-refractivity contribution in [1.82, 2.24) is 0 Å². The van der Waals surface area contributed by atoms with E-state index in [1.54, 1.807) is 24.3 Å². The lowest BCUT2D eigenvalue weighted by Crippen LogP contribution is -2.15. The van der Waals surface area contributed by atoms with Gasteiger partial charge < -0.3 is 0 Å². The SMILES string of the molecule is O=S(=O)(Cc1ccccc1Cl)Nc1cc(Cl)c(Cl)cc1Cl. The summed E-state index contributed by atoms with van der Waals surface area (Å²) in [5, 5.41) is 0.988. The van der Waals surface area contributed by atoms with Gasteiger partial charge in [-0.15, -0.1) is 0 Å². The molecule has 0 amide bonds. The van der Waals surface area contributed by atoms with E-state index in [4.69, 9.17) is 46.4 Å². The Morgan fingerprint density at radius 1 is 0.857 bits per heavy atom. The fourth-order valence-electron chi connectivity index (χ4n) is 1.62. The maximum Gasteiger partial charge on any atom is 0.237 e. The highest BCUT2D eigenvalue weighted by Gasteiger charge is 2.16. The molecule has 21 heavy (non-hydrogen) atoms. The summed E-state index contributed by atoms with van der Waals surface area (Å²) in [6.45, 7) is 0. The molecule has 2 rings (SSSR count). The summed E-state index contributed by atoms with van der Waals surface area (Å²) in [5.74, 6) is -0.275. The summed E-state index contributed by atoms with van der Waals surface area (Å²) in [6.07, 6.45) is 0. The van der Waals surface area contributed by atoms with Gasteiger partial charge in [0.05, 0.1) is 26.5 Å². The van der Waals surface area contributed by atoms with E-state index in [9.17, 15) is 8.42 Å². The van der Waals surface area contributed by atoms with Gasteiger partial charge in [-0.1, -0.05) is 64.6 Å². The van der Waals surface area contributed by atoms with Crippen molar-refractivity contribution in [1.29, 1.82) is 0 Å². The van der Waals surface area contributed by atoms with Crippen molar-refractivity contribution < 1.29 is 8.42 Å². The van der Waals surface area contributed by atoms with Gasteiger partial charge >= 0.3 is 0 Å². The van der Waals surface area contributed by atoms with E-state index >= 15 is 0 Å². The van der Waals surface area contributed by atoms with Gasteiger partial charge in [-0.05, 0) is 23.8 Å². The molecule has 0 fully saturated rings. The Hall–Kier alpha value is -0.650. The molecule has 0 unspecified atom stereocenters. The fourth-order valence-corrected chi connectivity index (χ4v) is 3.79. The highest BCUT2D eigenvalue weighted by molar-refractivity contribution is 7.91. The van der Waals surface area contributed by atoms with Crippen molar-refractivity contribution in [3.05, 3.63) is 62.1 Å². The Bertz CT molecular complexity index is 778. The Balaban J connectivity index is 2.26. The van der Waals surface area contributed by atoms with Gasteiger partial charge in [0, 0.05) is 5.02 Å². The molecule has 0 aliphatic rings. The van der Waals surface area contributed by atoms with Crippen molar-refractivity contribution in [2.45, 2.75) is 5.75 Å². The minimum atomic E-state index is -3.68. The van der Waals surface area contributed by atoms with Crippen molar-refractivity contribution in [2.75, 3.05) is 4.72 Å². The molecule has 0 aliphatic heterocycles. The number of hydrogen-bond acceptors (Lipinski definition) is 2. The molecular weight excluding hydrogens is 376 g/mol. The zero-order valence-electron chi connectivity index (χ0n) is 10.4. The summed E-state index contributed by atoms with van der Waals surface area (Å²) in [4.78, 5) is 0. The number of nitrogens with one attached hydrogen (secondary N) is 1. The molecule has 0 radical (unpaired) electrons. The van der Waals surface area contributed by atoms with Gasteiger partial charge in [-0.25, -0.2) is 8.42 Å². The summed E-state index contributed by atoms with van der Waals surface area (Å²) < 4.78 is 26.7. The first kappa shape index (κ1) is 16.7. The second-order valence-corrected chi connectivity index (χ2v) is 7.55. The smallest absolute Gasteiger partial charge is 0.237 e. The zero-order chi connectivity index (χ0) is 15.6. The Morgan fingerprint density at radius 3 is 2.14 bits per heavy atom. The van der Waals surface area contributed by atoms with Crippen LogP contribution >= 0.6 is 46.4 Å². The maximum atomic E-state index is 12.2. The number of halogens is 4. The van der Waals surface area contributed by atoms with Crippen molar-refractivity contribution >= 4 is 62.1 Å². The van der Waals surface area contributed by atoms with Crippen molar-refractivity contribution in [3.63, 3.8) is 0 Å². The van der Waals surface area contributed by atoms with E-state index in [-0.39, 0.29) is 26.5 Å². The van der Waals surface area contributed by atoms with Crippen LogP contribution in [0.2, 0.25) is 20.1 Å². The van der Waals surface area contributed by atoms with E-state index < -0.39 is 10.0 Å². The zero-order valence-corrected chi connectivity index (χ0v) is 14.2. The quantitative estimate of drug-likeness (QED) is 0.732. The highest BCUT2D eigenvalue weighted by atomic mass is 35.5. The largest absolute Gasteiger partial charge is 0.282 e. The molecule has 3 nitrogen and oxygen atoms in total. The van der Waals surface area contributed by atoms with Gasteiger partial charge in [0.1, 0.15) is 0 Å². The molecular formula is C13H9Cl4NO2S. The van der Waals surface area contributed by atoms with Crippen molar-refractivity contribution in [2.24, 2.45) is 0 Å². The average molecular weight is 385 g/mol. The van der Waals surface area contributed by atoms with Crippen LogP contribution in [0, 0.1) is 0 Å². The molecule has 0 saturated carbocycles. The molecule has 0 bridgehead atoms. The van der Waals surface area contributed by atoms with Gasteiger partial charge in [0.2, 0.25) is 10.0 Å². The first-order valence-corrected chi connectivity index (χ1v) is 8.83. The second kappa shape index (κ2) is 6.63. The van der Waals surface area contributed by atoms with Crippen LogP contribution in [0.15, 0.2) is 36.4 Å². The van der Waals surface area contributed by atoms with Crippen LogP contribution in [-0.4, -0.2) is 8.42 Å². The normalized spacial score (nSPS) is 11.4. The van der Waals surface area contributed by atoms with E-state index in [0.29, 0.717) is 10.6 Å².